The zero-order chi connectivity index (χ0) is 10.5. The highest BCUT2D eigenvalue weighted by Crippen LogP contribution is 2.23. The van der Waals surface area contributed by atoms with Crippen LogP contribution in [0, 0.1) is 5.92 Å². The number of carbonyl (C=O) groups is 1. The highest BCUT2D eigenvalue weighted by molar-refractivity contribution is 5.78. The van der Waals surface area contributed by atoms with E-state index in [4.69, 9.17) is 0 Å². The van der Waals surface area contributed by atoms with Crippen molar-refractivity contribution in [2.75, 3.05) is 13.1 Å². The highest BCUT2D eigenvalue weighted by atomic mass is 16.1. The van der Waals surface area contributed by atoms with Crippen molar-refractivity contribution >= 4 is 5.91 Å². The van der Waals surface area contributed by atoms with Gasteiger partial charge in [0.1, 0.15) is 0 Å². The largest absolute Gasteiger partial charge is 0.354 e. The van der Waals surface area contributed by atoms with E-state index in [-0.39, 0.29) is 0 Å². The summed E-state index contributed by atoms with van der Waals surface area (Å²) in [6, 6.07) is 0.526. The van der Waals surface area contributed by atoms with Gasteiger partial charge >= 0.3 is 0 Å². The Balaban J connectivity index is 1.66. The fourth-order valence-corrected chi connectivity index (χ4v) is 2.66. The van der Waals surface area contributed by atoms with Crippen LogP contribution >= 0.6 is 0 Å². The van der Waals surface area contributed by atoms with Gasteiger partial charge in [-0.25, -0.2) is 0 Å². The predicted octanol–water partition coefficient (Wildman–Crippen LogP) is 1.43. The molecule has 0 unspecified atom stereocenters. The van der Waals surface area contributed by atoms with Crippen molar-refractivity contribution in [3.63, 3.8) is 0 Å². The molecule has 0 aromatic rings. The quantitative estimate of drug-likeness (QED) is 0.740. The molecule has 1 heterocycles. The minimum Gasteiger partial charge on any atom is -0.354 e. The molecule has 1 amide bonds. The van der Waals surface area contributed by atoms with Gasteiger partial charge in [0.15, 0.2) is 0 Å². The molecule has 15 heavy (non-hydrogen) atoms. The van der Waals surface area contributed by atoms with Crippen LogP contribution in [0.3, 0.4) is 0 Å². The van der Waals surface area contributed by atoms with Gasteiger partial charge in [0.2, 0.25) is 5.91 Å². The van der Waals surface area contributed by atoms with Gasteiger partial charge in [-0.05, 0) is 32.2 Å². The van der Waals surface area contributed by atoms with Crippen LogP contribution in [0.1, 0.15) is 44.9 Å². The standard InChI is InChI=1S/C12H22N2O/c15-12(10-5-2-1-3-6-10)14-9-11-7-4-8-13-11/h10-11,13H,1-9H2,(H,14,15)/t11-/m1/s1. The van der Waals surface area contributed by atoms with Crippen LogP contribution < -0.4 is 10.6 Å². The van der Waals surface area contributed by atoms with E-state index in [2.05, 4.69) is 10.6 Å². The Labute approximate surface area is 92.0 Å². The first kappa shape index (κ1) is 10.9. The number of amides is 1. The molecule has 2 N–H and O–H groups in total. The SMILES string of the molecule is O=C(NC[C@H]1CCCN1)C1CCCCC1. The minimum atomic E-state index is 0.295. The molecular weight excluding hydrogens is 188 g/mol. The summed E-state index contributed by atoms with van der Waals surface area (Å²) in [5.41, 5.74) is 0. The summed E-state index contributed by atoms with van der Waals surface area (Å²) in [7, 11) is 0. The Morgan fingerprint density at radius 2 is 1.93 bits per heavy atom. The van der Waals surface area contributed by atoms with Crippen molar-refractivity contribution in [2.24, 2.45) is 5.92 Å². The smallest absolute Gasteiger partial charge is 0.223 e. The third-order valence-electron chi connectivity index (χ3n) is 3.66. The summed E-state index contributed by atoms with van der Waals surface area (Å²) in [6.45, 7) is 1.94. The summed E-state index contributed by atoms with van der Waals surface area (Å²) in [5.74, 6) is 0.601. The van der Waals surface area contributed by atoms with E-state index >= 15 is 0 Å². The zero-order valence-corrected chi connectivity index (χ0v) is 9.43. The van der Waals surface area contributed by atoms with Crippen LogP contribution in [0.25, 0.3) is 0 Å². The third-order valence-corrected chi connectivity index (χ3v) is 3.66. The van der Waals surface area contributed by atoms with E-state index in [9.17, 15) is 4.79 Å². The monoisotopic (exact) mass is 210 g/mol. The minimum absolute atomic E-state index is 0.295. The Morgan fingerprint density at radius 1 is 1.13 bits per heavy atom. The molecular formula is C12H22N2O. The van der Waals surface area contributed by atoms with Crippen LogP contribution in [-0.4, -0.2) is 25.0 Å². The summed E-state index contributed by atoms with van der Waals surface area (Å²) >= 11 is 0. The first-order chi connectivity index (χ1) is 7.36. The second-order valence-corrected chi connectivity index (χ2v) is 4.87. The van der Waals surface area contributed by atoms with Gasteiger partial charge in [-0.3, -0.25) is 4.79 Å². The molecule has 3 heteroatoms. The van der Waals surface area contributed by atoms with E-state index in [1.807, 2.05) is 0 Å². The van der Waals surface area contributed by atoms with Crippen LogP contribution in [0.15, 0.2) is 0 Å². The molecule has 1 saturated heterocycles. The van der Waals surface area contributed by atoms with Gasteiger partial charge in [-0.2, -0.15) is 0 Å². The van der Waals surface area contributed by atoms with Crippen molar-refractivity contribution < 1.29 is 4.79 Å². The van der Waals surface area contributed by atoms with Gasteiger partial charge in [0.25, 0.3) is 0 Å². The Bertz CT molecular complexity index is 206. The van der Waals surface area contributed by atoms with Crippen molar-refractivity contribution in [3.05, 3.63) is 0 Å². The second-order valence-electron chi connectivity index (χ2n) is 4.87. The maximum absolute atomic E-state index is 11.8. The number of rotatable bonds is 3. The van der Waals surface area contributed by atoms with Crippen LogP contribution in [-0.2, 0) is 4.79 Å². The lowest BCUT2D eigenvalue weighted by Crippen LogP contribution is -2.40. The van der Waals surface area contributed by atoms with Crippen LogP contribution in [0.2, 0.25) is 0 Å². The van der Waals surface area contributed by atoms with Gasteiger partial charge in [-0.15, -0.1) is 0 Å². The lowest BCUT2D eigenvalue weighted by atomic mass is 9.88. The van der Waals surface area contributed by atoms with E-state index in [0.29, 0.717) is 17.9 Å². The first-order valence-electron chi connectivity index (χ1n) is 6.37. The topological polar surface area (TPSA) is 41.1 Å². The van der Waals surface area contributed by atoms with Crippen LogP contribution in [0.4, 0.5) is 0 Å². The van der Waals surface area contributed by atoms with E-state index in [1.165, 1.54) is 32.1 Å². The molecule has 0 aromatic heterocycles. The van der Waals surface area contributed by atoms with Crippen molar-refractivity contribution in [2.45, 2.75) is 51.0 Å². The van der Waals surface area contributed by atoms with Crippen LogP contribution in [0.5, 0.6) is 0 Å². The number of nitrogens with one attached hydrogen (secondary N) is 2. The summed E-state index contributed by atoms with van der Waals surface area (Å²) < 4.78 is 0. The molecule has 1 atom stereocenters. The first-order valence-corrected chi connectivity index (χ1v) is 6.37. The molecule has 1 aliphatic heterocycles. The second kappa shape index (κ2) is 5.50. The molecule has 2 fully saturated rings. The van der Waals surface area contributed by atoms with Crippen molar-refractivity contribution in [3.8, 4) is 0 Å². The average Bonchev–Trinajstić information content (AvgIpc) is 2.80. The summed E-state index contributed by atoms with van der Waals surface area (Å²) in [6.07, 6.45) is 8.45. The lowest BCUT2D eigenvalue weighted by Gasteiger charge is -2.21. The van der Waals surface area contributed by atoms with Crippen molar-refractivity contribution in [1.82, 2.24) is 10.6 Å². The van der Waals surface area contributed by atoms with Gasteiger partial charge < -0.3 is 10.6 Å². The fraction of sp³-hybridized carbons (Fsp3) is 0.917. The molecule has 2 aliphatic rings. The molecule has 0 spiro atoms. The van der Waals surface area contributed by atoms with E-state index in [0.717, 1.165) is 25.9 Å². The van der Waals surface area contributed by atoms with E-state index in [1.54, 1.807) is 0 Å². The number of carbonyl (C=O) groups excluding carboxylic acids is 1. The van der Waals surface area contributed by atoms with Crippen molar-refractivity contribution in [1.29, 1.82) is 0 Å². The zero-order valence-electron chi connectivity index (χ0n) is 9.43. The normalized spacial score (nSPS) is 27.9. The van der Waals surface area contributed by atoms with Gasteiger partial charge in [0.05, 0.1) is 0 Å². The number of hydrogen-bond acceptors (Lipinski definition) is 2. The number of hydrogen-bond donors (Lipinski definition) is 2. The Hall–Kier alpha value is -0.570. The molecule has 2 rings (SSSR count). The Kier molecular flexibility index (Phi) is 4.01. The maximum atomic E-state index is 11.8. The summed E-state index contributed by atoms with van der Waals surface area (Å²) in [4.78, 5) is 11.8. The molecule has 3 nitrogen and oxygen atoms in total. The predicted molar refractivity (Wildman–Crippen MR) is 60.6 cm³/mol. The molecule has 0 radical (unpaired) electrons. The fourth-order valence-electron chi connectivity index (χ4n) is 2.66. The van der Waals surface area contributed by atoms with Gasteiger partial charge in [0, 0.05) is 18.5 Å². The third kappa shape index (κ3) is 3.20. The van der Waals surface area contributed by atoms with E-state index < -0.39 is 0 Å². The molecule has 86 valence electrons. The molecule has 0 bridgehead atoms. The summed E-state index contributed by atoms with van der Waals surface area (Å²) in [5, 5.41) is 6.49. The molecule has 1 saturated carbocycles. The lowest BCUT2D eigenvalue weighted by molar-refractivity contribution is -0.126. The van der Waals surface area contributed by atoms with Gasteiger partial charge in [-0.1, -0.05) is 19.3 Å². The maximum Gasteiger partial charge on any atom is 0.223 e. The molecule has 0 aromatic carbocycles. The highest BCUT2D eigenvalue weighted by Gasteiger charge is 2.22. The Morgan fingerprint density at radius 3 is 2.60 bits per heavy atom. The molecule has 1 aliphatic carbocycles. The average molecular weight is 210 g/mol.